The number of guanidine groups is 1. The van der Waals surface area contributed by atoms with Crippen LogP contribution in [0.3, 0.4) is 0 Å². The molecule has 0 amide bonds. The van der Waals surface area contributed by atoms with Crippen molar-refractivity contribution in [1.82, 2.24) is 4.90 Å². The minimum atomic E-state index is 0. The summed E-state index contributed by atoms with van der Waals surface area (Å²) in [5, 5.41) is 3.17. The van der Waals surface area contributed by atoms with E-state index >= 15 is 0 Å². The standard InChI is InChI=1S/C15H24N4.HI/c1-11-6-12(2)8-14(7-11)18-15(16)17-9-13-4-5-19(3)10-13;/h6-8,13H,4-5,9-10H2,1-3H3,(H3,16,17,18);1H. The van der Waals surface area contributed by atoms with Gasteiger partial charge in [-0.15, -0.1) is 24.0 Å². The first kappa shape index (κ1) is 17.2. The van der Waals surface area contributed by atoms with Crippen LogP contribution in [0.1, 0.15) is 17.5 Å². The highest BCUT2D eigenvalue weighted by Gasteiger charge is 2.18. The summed E-state index contributed by atoms with van der Waals surface area (Å²) in [5.74, 6) is 1.16. The van der Waals surface area contributed by atoms with E-state index in [4.69, 9.17) is 5.73 Å². The monoisotopic (exact) mass is 388 g/mol. The first-order valence-electron chi connectivity index (χ1n) is 6.86. The molecule has 4 nitrogen and oxygen atoms in total. The van der Waals surface area contributed by atoms with Gasteiger partial charge in [0.2, 0.25) is 0 Å². The molecule has 1 unspecified atom stereocenters. The van der Waals surface area contributed by atoms with Crippen LogP contribution in [-0.4, -0.2) is 37.5 Å². The van der Waals surface area contributed by atoms with Gasteiger partial charge in [-0.25, -0.2) is 0 Å². The third kappa shape index (κ3) is 5.28. The summed E-state index contributed by atoms with van der Waals surface area (Å²) >= 11 is 0. The summed E-state index contributed by atoms with van der Waals surface area (Å²) in [6, 6.07) is 6.31. The number of aliphatic imine (C=N–C) groups is 1. The lowest BCUT2D eigenvalue weighted by atomic mass is 10.1. The van der Waals surface area contributed by atoms with E-state index in [-0.39, 0.29) is 24.0 Å². The third-order valence-electron chi connectivity index (χ3n) is 3.50. The molecule has 1 fully saturated rings. The molecule has 2 rings (SSSR count). The van der Waals surface area contributed by atoms with E-state index < -0.39 is 0 Å². The number of nitrogens with zero attached hydrogens (tertiary/aromatic N) is 2. The zero-order valence-electron chi connectivity index (χ0n) is 12.5. The lowest BCUT2D eigenvalue weighted by Gasteiger charge is -2.10. The minimum Gasteiger partial charge on any atom is -0.370 e. The number of benzene rings is 1. The fourth-order valence-electron chi connectivity index (χ4n) is 2.64. The van der Waals surface area contributed by atoms with Crippen molar-refractivity contribution in [1.29, 1.82) is 0 Å². The van der Waals surface area contributed by atoms with Gasteiger partial charge in [-0.2, -0.15) is 0 Å². The molecule has 0 spiro atoms. The molecule has 20 heavy (non-hydrogen) atoms. The van der Waals surface area contributed by atoms with Crippen molar-refractivity contribution < 1.29 is 0 Å². The Morgan fingerprint density at radius 1 is 1.35 bits per heavy atom. The van der Waals surface area contributed by atoms with Crippen LogP contribution < -0.4 is 11.1 Å². The molecule has 1 aliphatic rings. The molecule has 0 bridgehead atoms. The molecule has 0 radical (unpaired) electrons. The molecule has 1 aromatic rings. The van der Waals surface area contributed by atoms with Crippen molar-refractivity contribution >= 4 is 35.6 Å². The van der Waals surface area contributed by atoms with Gasteiger partial charge >= 0.3 is 0 Å². The fourth-order valence-corrected chi connectivity index (χ4v) is 2.64. The van der Waals surface area contributed by atoms with Crippen LogP contribution in [0.25, 0.3) is 0 Å². The Balaban J connectivity index is 0.00000200. The number of aryl methyl sites for hydroxylation is 2. The Labute approximate surface area is 138 Å². The van der Waals surface area contributed by atoms with E-state index in [1.165, 1.54) is 24.1 Å². The van der Waals surface area contributed by atoms with Crippen molar-refractivity contribution in [3.05, 3.63) is 29.3 Å². The van der Waals surface area contributed by atoms with Crippen LogP contribution in [0, 0.1) is 19.8 Å². The van der Waals surface area contributed by atoms with Gasteiger partial charge in [-0.05, 0) is 63.0 Å². The largest absolute Gasteiger partial charge is 0.370 e. The summed E-state index contributed by atoms with van der Waals surface area (Å²) < 4.78 is 0. The van der Waals surface area contributed by atoms with E-state index in [0.717, 1.165) is 18.8 Å². The number of likely N-dealkylation sites (tertiary alicyclic amines) is 1. The second-order valence-corrected chi connectivity index (χ2v) is 5.64. The van der Waals surface area contributed by atoms with Crippen LogP contribution in [0.2, 0.25) is 0 Å². The van der Waals surface area contributed by atoms with Crippen LogP contribution in [0.15, 0.2) is 23.2 Å². The van der Waals surface area contributed by atoms with Crippen LogP contribution in [0.5, 0.6) is 0 Å². The first-order valence-corrected chi connectivity index (χ1v) is 6.86. The Bertz CT molecular complexity index is 453. The summed E-state index contributed by atoms with van der Waals surface area (Å²) in [4.78, 5) is 6.79. The molecule has 0 saturated carbocycles. The molecule has 1 heterocycles. The van der Waals surface area contributed by atoms with E-state index in [2.05, 4.69) is 54.3 Å². The predicted octanol–water partition coefficient (Wildman–Crippen LogP) is 2.60. The Hall–Kier alpha value is -0.820. The smallest absolute Gasteiger partial charge is 0.193 e. The normalized spacial score (nSPS) is 19.8. The number of hydrogen-bond acceptors (Lipinski definition) is 2. The third-order valence-corrected chi connectivity index (χ3v) is 3.50. The van der Waals surface area contributed by atoms with Crippen molar-refractivity contribution in [3.8, 4) is 0 Å². The molecule has 0 aliphatic carbocycles. The average Bonchev–Trinajstić information content (AvgIpc) is 2.71. The second kappa shape index (κ2) is 7.83. The molecule has 5 heteroatoms. The number of rotatable bonds is 3. The van der Waals surface area contributed by atoms with Gasteiger partial charge < -0.3 is 16.0 Å². The number of anilines is 1. The first-order chi connectivity index (χ1) is 9.02. The molecular formula is C15H25IN4. The van der Waals surface area contributed by atoms with E-state index in [9.17, 15) is 0 Å². The average molecular weight is 388 g/mol. The Morgan fingerprint density at radius 2 is 2.00 bits per heavy atom. The lowest BCUT2D eigenvalue weighted by molar-refractivity contribution is 0.397. The maximum Gasteiger partial charge on any atom is 0.193 e. The number of nitrogens with one attached hydrogen (secondary N) is 1. The topological polar surface area (TPSA) is 53.6 Å². The van der Waals surface area contributed by atoms with Crippen LogP contribution >= 0.6 is 24.0 Å². The summed E-state index contributed by atoms with van der Waals surface area (Å²) in [5.41, 5.74) is 9.42. The summed E-state index contributed by atoms with van der Waals surface area (Å²) in [6.45, 7) is 7.28. The van der Waals surface area contributed by atoms with E-state index in [0.29, 0.717) is 11.9 Å². The van der Waals surface area contributed by atoms with Gasteiger partial charge in [-0.1, -0.05) is 6.07 Å². The highest BCUT2D eigenvalue weighted by atomic mass is 127. The van der Waals surface area contributed by atoms with Gasteiger partial charge in [-0.3, -0.25) is 4.99 Å². The maximum absolute atomic E-state index is 5.94. The summed E-state index contributed by atoms with van der Waals surface area (Å²) in [7, 11) is 2.15. The van der Waals surface area contributed by atoms with Gasteiger partial charge in [0.05, 0.1) is 0 Å². The molecule has 1 saturated heterocycles. The van der Waals surface area contributed by atoms with E-state index in [1.807, 2.05) is 0 Å². The SMILES string of the molecule is Cc1cc(C)cc(NC(N)=NCC2CCN(C)C2)c1.I. The van der Waals surface area contributed by atoms with Crippen LogP contribution in [-0.2, 0) is 0 Å². The lowest BCUT2D eigenvalue weighted by Crippen LogP contribution is -2.24. The minimum absolute atomic E-state index is 0. The van der Waals surface area contributed by atoms with Crippen molar-refractivity contribution in [2.75, 3.05) is 32.0 Å². The molecule has 3 N–H and O–H groups in total. The molecule has 1 aliphatic heterocycles. The predicted molar refractivity (Wildman–Crippen MR) is 97.0 cm³/mol. The fraction of sp³-hybridized carbons (Fsp3) is 0.533. The van der Waals surface area contributed by atoms with Crippen LogP contribution in [0.4, 0.5) is 5.69 Å². The highest BCUT2D eigenvalue weighted by Crippen LogP contribution is 2.15. The number of halogens is 1. The molecule has 112 valence electrons. The molecule has 1 aromatic carbocycles. The van der Waals surface area contributed by atoms with Crippen molar-refractivity contribution in [3.63, 3.8) is 0 Å². The zero-order chi connectivity index (χ0) is 13.8. The molecular weight excluding hydrogens is 363 g/mol. The zero-order valence-corrected chi connectivity index (χ0v) is 14.8. The Morgan fingerprint density at radius 3 is 2.55 bits per heavy atom. The van der Waals surface area contributed by atoms with Crippen molar-refractivity contribution in [2.45, 2.75) is 20.3 Å². The second-order valence-electron chi connectivity index (χ2n) is 5.64. The van der Waals surface area contributed by atoms with E-state index in [1.54, 1.807) is 0 Å². The summed E-state index contributed by atoms with van der Waals surface area (Å²) in [6.07, 6.45) is 1.22. The highest BCUT2D eigenvalue weighted by molar-refractivity contribution is 14.0. The molecule has 0 aromatic heterocycles. The van der Waals surface area contributed by atoms with Gasteiger partial charge in [0, 0.05) is 18.8 Å². The van der Waals surface area contributed by atoms with Gasteiger partial charge in [0.15, 0.2) is 5.96 Å². The maximum atomic E-state index is 5.94. The molecule has 1 atom stereocenters. The Kier molecular flexibility index (Phi) is 6.75. The quantitative estimate of drug-likeness (QED) is 0.476. The van der Waals surface area contributed by atoms with Gasteiger partial charge in [0.1, 0.15) is 0 Å². The van der Waals surface area contributed by atoms with Crippen molar-refractivity contribution in [2.24, 2.45) is 16.6 Å². The number of hydrogen-bond donors (Lipinski definition) is 2. The number of nitrogens with two attached hydrogens (primary N) is 1. The van der Waals surface area contributed by atoms with Gasteiger partial charge in [0.25, 0.3) is 0 Å².